The van der Waals surface area contributed by atoms with Crippen LogP contribution in [-0.2, 0) is 4.74 Å². The minimum Gasteiger partial charge on any atom is -0.373 e. The second-order valence-electron chi connectivity index (χ2n) is 5.82. The van der Waals surface area contributed by atoms with Gasteiger partial charge in [-0.25, -0.2) is 0 Å². The quantitative estimate of drug-likeness (QED) is 0.713. The van der Waals surface area contributed by atoms with Gasteiger partial charge in [-0.3, -0.25) is 0 Å². The molecule has 1 saturated heterocycles. The molecule has 0 aromatic heterocycles. The van der Waals surface area contributed by atoms with Crippen LogP contribution in [0.5, 0.6) is 0 Å². The van der Waals surface area contributed by atoms with Crippen LogP contribution >= 0.6 is 0 Å². The van der Waals surface area contributed by atoms with Gasteiger partial charge in [-0.05, 0) is 56.4 Å². The molecular weight excluding hydrogens is 208 g/mol. The lowest BCUT2D eigenvalue weighted by molar-refractivity contribution is 0.276. The maximum atomic E-state index is 5.34. The summed E-state index contributed by atoms with van der Waals surface area (Å²) in [6, 6.07) is 9.15. The number of hydrogen-bond acceptors (Lipinski definition) is 1. The highest BCUT2D eigenvalue weighted by molar-refractivity contribution is 5.24. The largest absolute Gasteiger partial charge is 0.373 e. The van der Waals surface area contributed by atoms with Crippen molar-refractivity contribution in [3.05, 3.63) is 35.4 Å². The summed E-state index contributed by atoms with van der Waals surface area (Å²) in [7, 11) is 0. The fraction of sp³-hybridized carbons (Fsp3) is 0.625. The second-order valence-corrected chi connectivity index (χ2v) is 5.82. The molecule has 1 aliphatic heterocycles. The molecule has 2 aliphatic rings. The van der Waals surface area contributed by atoms with Crippen LogP contribution in [0.25, 0.3) is 0 Å². The molecule has 92 valence electrons. The molecule has 2 fully saturated rings. The first-order valence-corrected chi connectivity index (χ1v) is 6.99. The molecule has 1 unspecified atom stereocenters. The van der Waals surface area contributed by atoms with Crippen molar-refractivity contribution in [2.24, 2.45) is 5.92 Å². The molecule has 3 rings (SSSR count). The number of epoxide rings is 1. The molecule has 0 radical (unpaired) electrons. The van der Waals surface area contributed by atoms with Crippen LogP contribution in [0.15, 0.2) is 24.3 Å². The molecule has 0 spiro atoms. The highest BCUT2D eigenvalue weighted by Gasteiger charge is 2.29. The van der Waals surface area contributed by atoms with E-state index in [0.29, 0.717) is 6.10 Å². The van der Waals surface area contributed by atoms with Crippen molar-refractivity contribution in [2.45, 2.75) is 51.0 Å². The summed E-state index contributed by atoms with van der Waals surface area (Å²) in [5.74, 6) is 1.75. The highest BCUT2D eigenvalue weighted by Crippen LogP contribution is 2.38. The van der Waals surface area contributed by atoms with Gasteiger partial charge in [-0.15, -0.1) is 0 Å². The number of benzene rings is 1. The van der Waals surface area contributed by atoms with Gasteiger partial charge >= 0.3 is 0 Å². The molecular formula is C16H22O. The summed E-state index contributed by atoms with van der Waals surface area (Å²) in [5.41, 5.74) is 2.92. The van der Waals surface area contributed by atoms with Gasteiger partial charge in [-0.2, -0.15) is 0 Å². The summed E-state index contributed by atoms with van der Waals surface area (Å²) in [6.07, 6.45) is 7.49. The number of hydrogen-bond donors (Lipinski definition) is 0. The van der Waals surface area contributed by atoms with Crippen LogP contribution in [-0.4, -0.2) is 12.7 Å². The Kier molecular flexibility index (Phi) is 3.19. The molecule has 0 N–H and O–H groups in total. The predicted molar refractivity (Wildman–Crippen MR) is 70.2 cm³/mol. The van der Waals surface area contributed by atoms with Crippen LogP contribution in [0.4, 0.5) is 0 Å². The van der Waals surface area contributed by atoms with Crippen molar-refractivity contribution in [1.29, 1.82) is 0 Å². The maximum Gasteiger partial charge on any atom is 0.0812 e. The molecule has 0 bridgehead atoms. The fourth-order valence-electron chi connectivity index (χ4n) is 3.15. The van der Waals surface area contributed by atoms with Crippen LogP contribution in [0, 0.1) is 12.8 Å². The van der Waals surface area contributed by atoms with Crippen molar-refractivity contribution in [3.8, 4) is 0 Å². The van der Waals surface area contributed by atoms with E-state index in [2.05, 4.69) is 31.2 Å². The number of ether oxygens (including phenoxy) is 1. The average molecular weight is 230 g/mol. The fourth-order valence-corrected chi connectivity index (χ4v) is 3.15. The lowest BCUT2D eigenvalue weighted by Crippen LogP contribution is -2.14. The molecule has 1 heteroatoms. The lowest BCUT2D eigenvalue weighted by atomic mass is 9.77. The van der Waals surface area contributed by atoms with Crippen LogP contribution in [0.1, 0.15) is 49.1 Å². The van der Waals surface area contributed by atoms with E-state index in [1.807, 2.05) is 0 Å². The van der Waals surface area contributed by atoms with E-state index in [4.69, 9.17) is 4.74 Å². The predicted octanol–water partition coefficient (Wildman–Crippen LogP) is 4.06. The van der Waals surface area contributed by atoms with Crippen LogP contribution in [0.3, 0.4) is 0 Å². The Balaban J connectivity index is 1.54. The van der Waals surface area contributed by atoms with Crippen LogP contribution < -0.4 is 0 Å². The van der Waals surface area contributed by atoms with Gasteiger partial charge in [0.25, 0.3) is 0 Å². The van der Waals surface area contributed by atoms with Crippen LogP contribution in [0.2, 0.25) is 0 Å². The molecule has 1 saturated carbocycles. The third-order valence-electron chi connectivity index (χ3n) is 4.39. The average Bonchev–Trinajstić information content (AvgIpc) is 3.15. The zero-order valence-electron chi connectivity index (χ0n) is 10.7. The van der Waals surface area contributed by atoms with Gasteiger partial charge in [0.1, 0.15) is 0 Å². The topological polar surface area (TPSA) is 12.5 Å². The Morgan fingerprint density at radius 2 is 1.71 bits per heavy atom. The van der Waals surface area contributed by atoms with Gasteiger partial charge in [0.05, 0.1) is 12.7 Å². The van der Waals surface area contributed by atoms with E-state index in [1.54, 1.807) is 5.56 Å². The minimum atomic E-state index is 0.621. The van der Waals surface area contributed by atoms with E-state index < -0.39 is 0 Å². The molecule has 1 aromatic carbocycles. The van der Waals surface area contributed by atoms with Gasteiger partial charge in [0.15, 0.2) is 0 Å². The second kappa shape index (κ2) is 4.81. The van der Waals surface area contributed by atoms with Crippen molar-refractivity contribution < 1.29 is 4.74 Å². The minimum absolute atomic E-state index is 0.621. The molecule has 1 nitrogen and oxygen atoms in total. The Labute approximate surface area is 104 Å². The van der Waals surface area contributed by atoms with E-state index >= 15 is 0 Å². The molecule has 1 aliphatic carbocycles. The van der Waals surface area contributed by atoms with Crippen molar-refractivity contribution >= 4 is 0 Å². The zero-order valence-corrected chi connectivity index (χ0v) is 10.7. The molecule has 0 amide bonds. The summed E-state index contributed by atoms with van der Waals surface area (Å²) < 4.78 is 5.34. The Morgan fingerprint density at radius 1 is 1.06 bits per heavy atom. The smallest absolute Gasteiger partial charge is 0.0812 e. The third kappa shape index (κ3) is 2.90. The van der Waals surface area contributed by atoms with Gasteiger partial charge in [0.2, 0.25) is 0 Å². The first kappa shape index (κ1) is 11.3. The molecule has 1 aromatic rings. The third-order valence-corrected chi connectivity index (χ3v) is 4.39. The monoisotopic (exact) mass is 230 g/mol. The van der Waals surface area contributed by atoms with E-state index in [-0.39, 0.29) is 0 Å². The first-order valence-electron chi connectivity index (χ1n) is 6.99. The first-order chi connectivity index (χ1) is 8.31. The van der Waals surface area contributed by atoms with E-state index in [9.17, 15) is 0 Å². The summed E-state index contributed by atoms with van der Waals surface area (Å²) in [4.78, 5) is 0. The number of aryl methyl sites for hydroxylation is 1. The van der Waals surface area contributed by atoms with Crippen molar-refractivity contribution in [3.63, 3.8) is 0 Å². The Hall–Kier alpha value is -0.820. The molecule has 17 heavy (non-hydrogen) atoms. The zero-order chi connectivity index (χ0) is 11.7. The Bertz CT molecular complexity index is 356. The Morgan fingerprint density at radius 3 is 2.29 bits per heavy atom. The molecule has 1 atom stereocenters. The summed E-state index contributed by atoms with van der Waals surface area (Å²) >= 11 is 0. The number of rotatable bonds is 3. The maximum absolute atomic E-state index is 5.34. The van der Waals surface area contributed by atoms with Crippen molar-refractivity contribution in [2.75, 3.05) is 6.61 Å². The SMILES string of the molecule is Cc1ccc(C2CCC(CC3CO3)CC2)cc1. The lowest BCUT2D eigenvalue weighted by Gasteiger charge is -2.28. The normalized spacial score (nSPS) is 32.4. The van der Waals surface area contributed by atoms with E-state index in [1.165, 1.54) is 37.7 Å². The summed E-state index contributed by atoms with van der Waals surface area (Å²) in [6.45, 7) is 3.19. The summed E-state index contributed by atoms with van der Waals surface area (Å²) in [5, 5.41) is 0. The van der Waals surface area contributed by atoms with Gasteiger partial charge in [0, 0.05) is 0 Å². The highest BCUT2D eigenvalue weighted by atomic mass is 16.6. The molecule has 1 heterocycles. The van der Waals surface area contributed by atoms with E-state index in [0.717, 1.165) is 18.4 Å². The van der Waals surface area contributed by atoms with Gasteiger partial charge in [-0.1, -0.05) is 29.8 Å². The standard InChI is InChI=1S/C16H22O/c1-12-2-6-14(7-3-12)15-8-4-13(5-9-15)10-16-11-17-16/h2-3,6-7,13,15-16H,4-5,8-11H2,1H3. The van der Waals surface area contributed by atoms with Gasteiger partial charge < -0.3 is 4.74 Å². The van der Waals surface area contributed by atoms with Crippen molar-refractivity contribution in [1.82, 2.24) is 0 Å².